The molecule has 0 saturated heterocycles. The molecule has 0 saturated carbocycles. The van der Waals surface area contributed by atoms with Gasteiger partial charge < -0.3 is 0 Å². The Labute approximate surface area is 82.3 Å². The number of nitrogens with zero attached hydrogens (tertiary/aromatic N) is 1. The minimum Gasteiger partial charge on any atom is -0.192 e. The average Bonchev–Trinajstić information content (AvgIpc) is 1.96. The van der Waals surface area contributed by atoms with Gasteiger partial charge in [-0.2, -0.15) is 5.26 Å². The molecule has 0 aliphatic rings. The molecule has 0 bridgehead atoms. The predicted molar refractivity (Wildman–Crippen MR) is 51.3 cm³/mol. The molecule has 0 atom stereocenters. The van der Waals surface area contributed by atoms with Gasteiger partial charge >= 0.3 is 0 Å². The lowest BCUT2D eigenvalue weighted by Crippen LogP contribution is -1.83. The van der Waals surface area contributed by atoms with Crippen molar-refractivity contribution in [3.63, 3.8) is 0 Å². The maximum Gasteiger partial charge on any atom is 0.0995 e. The maximum absolute atomic E-state index is 8.68. The van der Waals surface area contributed by atoms with E-state index in [1.54, 1.807) is 6.07 Å². The van der Waals surface area contributed by atoms with Gasteiger partial charge in [0.2, 0.25) is 0 Å². The van der Waals surface area contributed by atoms with Crippen molar-refractivity contribution < 1.29 is 0 Å². The van der Waals surface area contributed by atoms with Crippen molar-refractivity contribution in [2.75, 3.05) is 0 Å². The number of nitriles is 1. The van der Waals surface area contributed by atoms with Crippen molar-refractivity contribution in [1.82, 2.24) is 0 Å². The van der Waals surface area contributed by atoms with E-state index in [-0.39, 0.29) is 0 Å². The van der Waals surface area contributed by atoms with Crippen LogP contribution in [-0.2, 0) is 0 Å². The summed E-state index contributed by atoms with van der Waals surface area (Å²) in [6.07, 6.45) is 0. The highest BCUT2D eigenvalue weighted by atomic mass is 79.9. The van der Waals surface area contributed by atoms with Gasteiger partial charge in [-0.25, -0.2) is 0 Å². The van der Waals surface area contributed by atoms with Gasteiger partial charge in [-0.1, -0.05) is 31.9 Å². The summed E-state index contributed by atoms with van der Waals surface area (Å²) in [7, 11) is 0. The van der Waals surface area contributed by atoms with Gasteiger partial charge in [-0.05, 0) is 24.6 Å². The summed E-state index contributed by atoms with van der Waals surface area (Å²) in [5.74, 6) is 0. The van der Waals surface area contributed by atoms with Crippen LogP contribution in [0.25, 0.3) is 0 Å². The zero-order valence-electron chi connectivity index (χ0n) is 5.86. The first-order valence-corrected chi connectivity index (χ1v) is 4.59. The third-order valence-corrected chi connectivity index (χ3v) is 2.71. The number of halogens is 2. The SMILES string of the molecule is Cc1c(Br)cc(Br)cc1C#N. The Morgan fingerprint density at radius 3 is 2.55 bits per heavy atom. The van der Waals surface area contributed by atoms with Gasteiger partial charge in [0.05, 0.1) is 11.6 Å². The lowest BCUT2D eigenvalue weighted by atomic mass is 10.1. The molecule has 0 aromatic heterocycles. The number of hydrogen-bond donors (Lipinski definition) is 0. The summed E-state index contributed by atoms with van der Waals surface area (Å²) in [5.41, 5.74) is 1.68. The van der Waals surface area contributed by atoms with E-state index in [1.165, 1.54) is 0 Å². The van der Waals surface area contributed by atoms with Gasteiger partial charge in [0, 0.05) is 8.95 Å². The number of benzene rings is 1. The highest BCUT2D eigenvalue weighted by Crippen LogP contribution is 2.24. The van der Waals surface area contributed by atoms with Crippen molar-refractivity contribution >= 4 is 31.9 Å². The highest BCUT2D eigenvalue weighted by molar-refractivity contribution is 9.11. The molecule has 0 radical (unpaired) electrons. The van der Waals surface area contributed by atoms with E-state index in [0.29, 0.717) is 5.56 Å². The third-order valence-electron chi connectivity index (χ3n) is 1.43. The first kappa shape index (κ1) is 8.76. The topological polar surface area (TPSA) is 23.8 Å². The summed E-state index contributed by atoms with van der Waals surface area (Å²) in [4.78, 5) is 0. The first-order chi connectivity index (χ1) is 5.15. The van der Waals surface area contributed by atoms with Crippen molar-refractivity contribution in [3.05, 3.63) is 32.2 Å². The highest BCUT2D eigenvalue weighted by Gasteiger charge is 2.02. The minimum atomic E-state index is 0.700. The number of hydrogen-bond acceptors (Lipinski definition) is 1. The van der Waals surface area contributed by atoms with Gasteiger partial charge in [0.25, 0.3) is 0 Å². The molecule has 3 heteroatoms. The Bertz CT molecular complexity index is 326. The molecule has 0 fully saturated rings. The van der Waals surface area contributed by atoms with Crippen LogP contribution in [0.3, 0.4) is 0 Å². The Morgan fingerprint density at radius 1 is 1.36 bits per heavy atom. The molecule has 0 aliphatic carbocycles. The fourth-order valence-electron chi connectivity index (χ4n) is 0.762. The fraction of sp³-hybridized carbons (Fsp3) is 0.125. The molecule has 0 spiro atoms. The van der Waals surface area contributed by atoms with Crippen LogP contribution >= 0.6 is 31.9 Å². The normalized spacial score (nSPS) is 9.27. The van der Waals surface area contributed by atoms with E-state index in [2.05, 4.69) is 37.9 Å². The Balaban J connectivity index is 3.39. The Kier molecular flexibility index (Phi) is 2.69. The summed E-state index contributed by atoms with van der Waals surface area (Å²) in [6, 6.07) is 5.85. The van der Waals surface area contributed by atoms with Gasteiger partial charge in [0.1, 0.15) is 0 Å². The molecule has 0 N–H and O–H groups in total. The van der Waals surface area contributed by atoms with Crippen LogP contribution in [0.2, 0.25) is 0 Å². The molecular weight excluding hydrogens is 270 g/mol. The van der Waals surface area contributed by atoms with Gasteiger partial charge in [-0.3, -0.25) is 0 Å². The second kappa shape index (κ2) is 3.38. The summed E-state index contributed by atoms with van der Waals surface area (Å²) >= 11 is 6.66. The van der Waals surface area contributed by atoms with Crippen LogP contribution in [0.15, 0.2) is 21.1 Å². The van der Waals surface area contributed by atoms with Crippen LogP contribution in [-0.4, -0.2) is 0 Å². The molecule has 56 valence electrons. The maximum atomic E-state index is 8.68. The molecule has 0 heterocycles. The molecule has 1 rings (SSSR count). The van der Waals surface area contributed by atoms with Crippen molar-refractivity contribution in [2.24, 2.45) is 0 Å². The smallest absolute Gasteiger partial charge is 0.0995 e. The van der Waals surface area contributed by atoms with Crippen LogP contribution in [0.5, 0.6) is 0 Å². The lowest BCUT2D eigenvalue weighted by molar-refractivity contribution is 1.36. The van der Waals surface area contributed by atoms with E-state index in [4.69, 9.17) is 5.26 Å². The quantitative estimate of drug-likeness (QED) is 0.711. The van der Waals surface area contributed by atoms with Crippen LogP contribution in [0.4, 0.5) is 0 Å². The molecular formula is C8H5Br2N. The Hall–Kier alpha value is -0.330. The van der Waals surface area contributed by atoms with Crippen molar-refractivity contribution in [3.8, 4) is 6.07 Å². The van der Waals surface area contributed by atoms with Gasteiger partial charge in [0.15, 0.2) is 0 Å². The van der Waals surface area contributed by atoms with E-state index >= 15 is 0 Å². The van der Waals surface area contributed by atoms with E-state index in [1.807, 2.05) is 13.0 Å². The fourth-order valence-corrected chi connectivity index (χ4v) is 1.99. The van der Waals surface area contributed by atoms with Gasteiger partial charge in [-0.15, -0.1) is 0 Å². The second-order valence-corrected chi connectivity index (χ2v) is 3.94. The largest absolute Gasteiger partial charge is 0.192 e. The van der Waals surface area contributed by atoms with Crippen LogP contribution in [0, 0.1) is 18.3 Å². The molecule has 0 amide bonds. The van der Waals surface area contributed by atoms with E-state index in [0.717, 1.165) is 14.5 Å². The Morgan fingerprint density at radius 2 is 2.00 bits per heavy atom. The van der Waals surface area contributed by atoms with E-state index < -0.39 is 0 Å². The van der Waals surface area contributed by atoms with Crippen LogP contribution < -0.4 is 0 Å². The summed E-state index contributed by atoms with van der Waals surface area (Å²) in [5, 5.41) is 8.68. The molecule has 1 nitrogen and oxygen atoms in total. The molecule has 11 heavy (non-hydrogen) atoms. The summed E-state index contributed by atoms with van der Waals surface area (Å²) in [6.45, 7) is 1.91. The number of rotatable bonds is 0. The predicted octanol–water partition coefficient (Wildman–Crippen LogP) is 3.39. The lowest BCUT2D eigenvalue weighted by Gasteiger charge is -2.00. The van der Waals surface area contributed by atoms with Crippen molar-refractivity contribution in [2.45, 2.75) is 6.92 Å². The molecule has 1 aromatic carbocycles. The zero-order valence-corrected chi connectivity index (χ0v) is 9.03. The monoisotopic (exact) mass is 273 g/mol. The van der Waals surface area contributed by atoms with E-state index in [9.17, 15) is 0 Å². The molecule has 1 aromatic rings. The minimum absolute atomic E-state index is 0.700. The van der Waals surface area contributed by atoms with Crippen molar-refractivity contribution in [1.29, 1.82) is 5.26 Å². The summed E-state index contributed by atoms with van der Waals surface area (Å²) < 4.78 is 1.88. The standard InChI is InChI=1S/C8H5Br2N/c1-5-6(4-11)2-7(9)3-8(5)10/h2-3H,1H3. The second-order valence-electron chi connectivity index (χ2n) is 2.17. The molecule has 0 aliphatic heterocycles. The van der Waals surface area contributed by atoms with Crippen LogP contribution in [0.1, 0.15) is 11.1 Å². The first-order valence-electron chi connectivity index (χ1n) is 3.01. The third kappa shape index (κ3) is 1.82. The zero-order chi connectivity index (χ0) is 8.43. The molecule has 0 unspecified atom stereocenters. The average molecular weight is 275 g/mol.